The summed E-state index contributed by atoms with van der Waals surface area (Å²) in [5.41, 5.74) is 1.16. The highest BCUT2D eigenvalue weighted by atomic mass is 79.9. The Labute approximate surface area is 120 Å². The van der Waals surface area contributed by atoms with Crippen LogP contribution in [-0.2, 0) is 0 Å². The van der Waals surface area contributed by atoms with Crippen molar-refractivity contribution in [1.29, 1.82) is 0 Å². The zero-order chi connectivity index (χ0) is 13.8. The lowest BCUT2D eigenvalue weighted by Gasteiger charge is -2.12. The van der Waals surface area contributed by atoms with Gasteiger partial charge in [-0.2, -0.15) is 0 Å². The third kappa shape index (κ3) is 3.55. The van der Waals surface area contributed by atoms with Crippen LogP contribution in [0.1, 0.15) is 18.5 Å². The smallest absolute Gasteiger partial charge is 0.166 e. The molecule has 0 heterocycles. The Morgan fingerprint density at radius 3 is 2.42 bits per heavy atom. The standard InChI is InChI=1S/C15H15BrFNO/c1-10(18-2)11-3-6-13(7-4-11)19-15-8-5-12(16)9-14(15)17/h3-10,18H,1-2H3. The highest BCUT2D eigenvalue weighted by molar-refractivity contribution is 9.10. The van der Waals surface area contributed by atoms with Crippen molar-refractivity contribution in [3.05, 3.63) is 58.3 Å². The van der Waals surface area contributed by atoms with Gasteiger partial charge in [0.25, 0.3) is 0 Å². The summed E-state index contributed by atoms with van der Waals surface area (Å²) in [6.45, 7) is 2.07. The van der Waals surface area contributed by atoms with E-state index in [9.17, 15) is 4.39 Å². The van der Waals surface area contributed by atoms with Crippen LogP contribution >= 0.6 is 15.9 Å². The molecule has 0 aromatic heterocycles. The molecule has 1 N–H and O–H groups in total. The van der Waals surface area contributed by atoms with E-state index in [0.717, 1.165) is 5.56 Å². The van der Waals surface area contributed by atoms with E-state index in [1.807, 2.05) is 31.3 Å². The van der Waals surface area contributed by atoms with Gasteiger partial charge < -0.3 is 10.1 Å². The monoisotopic (exact) mass is 323 g/mol. The van der Waals surface area contributed by atoms with Crippen LogP contribution in [0.15, 0.2) is 46.9 Å². The average Bonchev–Trinajstić information content (AvgIpc) is 2.42. The fourth-order valence-electron chi connectivity index (χ4n) is 1.68. The van der Waals surface area contributed by atoms with Crippen LogP contribution < -0.4 is 10.1 Å². The first-order chi connectivity index (χ1) is 9.10. The van der Waals surface area contributed by atoms with Gasteiger partial charge in [-0.1, -0.05) is 28.1 Å². The number of hydrogen-bond acceptors (Lipinski definition) is 2. The molecule has 100 valence electrons. The van der Waals surface area contributed by atoms with E-state index in [4.69, 9.17) is 4.74 Å². The molecule has 19 heavy (non-hydrogen) atoms. The fraction of sp³-hybridized carbons (Fsp3) is 0.200. The molecule has 2 nitrogen and oxygen atoms in total. The number of ether oxygens (including phenoxy) is 1. The van der Waals surface area contributed by atoms with Gasteiger partial charge in [-0.25, -0.2) is 4.39 Å². The number of nitrogens with one attached hydrogen (secondary N) is 1. The van der Waals surface area contributed by atoms with Gasteiger partial charge in [-0.05, 0) is 49.9 Å². The third-order valence-corrected chi connectivity index (χ3v) is 3.43. The first-order valence-corrected chi connectivity index (χ1v) is 6.79. The molecule has 1 unspecified atom stereocenters. The minimum atomic E-state index is -0.387. The van der Waals surface area contributed by atoms with Gasteiger partial charge in [-0.15, -0.1) is 0 Å². The molecular formula is C15H15BrFNO. The topological polar surface area (TPSA) is 21.3 Å². The first-order valence-electron chi connectivity index (χ1n) is 6.00. The number of rotatable bonds is 4. The number of hydrogen-bond donors (Lipinski definition) is 1. The summed E-state index contributed by atoms with van der Waals surface area (Å²) < 4.78 is 19.8. The Kier molecular flexibility index (Phi) is 4.56. The summed E-state index contributed by atoms with van der Waals surface area (Å²) in [6, 6.07) is 12.6. The van der Waals surface area contributed by atoms with E-state index >= 15 is 0 Å². The van der Waals surface area contributed by atoms with E-state index < -0.39 is 0 Å². The molecule has 1 atom stereocenters. The Balaban J connectivity index is 2.15. The second-order valence-electron chi connectivity index (χ2n) is 4.26. The Morgan fingerprint density at radius 1 is 1.16 bits per heavy atom. The normalized spacial score (nSPS) is 12.2. The van der Waals surface area contributed by atoms with E-state index in [-0.39, 0.29) is 17.6 Å². The van der Waals surface area contributed by atoms with Gasteiger partial charge in [-0.3, -0.25) is 0 Å². The van der Waals surface area contributed by atoms with Gasteiger partial charge in [0.15, 0.2) is 11.6 Å². The Hall–Kier alpha value is -1.39. The second-order valence-corrected chi connectivity index (χ2v) is 5.17. The van der Waals surface area contributed by atoms with Crippen molar-refractivity contribution in [2.75, 3.05) is 7.05 Å². The predicted molar refractivity (Wildman–Crippen MR) is 78.1 cm³/mol. The molecule has 0 radical (unpaired) electrons. The zero-order valence-electron chi connectivity index (χ0n) is 10.8. The summed E-state index contributed by atoms with van der Waals surface area (Å²) in [7, 11) is 1.91. The molecule has 0 aliphatic carbocycles. The molecule has 2 rings (SSSR count). The van der Waals surface area contributed by atoms with Crippen LogP contribution in [0.25, 0.3) is 0 Å². The van der Waals surface area contributed by atoms with Crippen molar-refractivity contribution in [3.63, 3.8) is 0 Å². The van der Waals surface area contributed by atoms with Crippen LogP contribution in [0.4, 0.5) is 4.39 Å². The lowest BCUT2D eigenvalue weighted by molar-refractivity contribution is 0.441. The summed E-state index contributed by atoms with van der Waals surface area (Å²) in [6.07, 6.45) is 0. The van der Waals surface area contributed by atoms with E-state index in [0.29, 0.717) is 10.2 Å². The summed E-state index contributed by atoms with van der Waals surface area (Å²) in [4.78, 5) is 0. The molecule has 0 aliphatic heterocycles. The molecule has 0 aliphatic rings. The SMILES string of the molecule is CNC(C)c1ccc(Oc2ccc(Br)cc2F)cc1. The molecule has 0 bridgehead atoms. The lowest BCUT2D eigenvalue weighted by atomic mass is 10.1. The van der Waals surface area contributed by atoms with Crippen LogP contribution in [-0.4, -0.2) is 7.05 Å². The Morgan fingerprint density at radius 2 is 1.84 bits per heavy atom. The van der Waals surface area contributed by atoms with E-state index in [1.165, 1.54) is 6.07 Å². The highest BCUT2D eigenvalue weighted by Gasteiger charge is 2.06. The van der Waals surface area contributed by atoms with Crippen LogP contribution in [0.2, 0.25) is 0 Å². The maximum Gasteiger partial charge on any atom is 0.166 e. The molecule has 2 aromatic carbocycles. The van der Waals surface area contributed by atoms with Crippen molar-refractivity contribution in [2.24, 2.45) is 0 Å². The van der Waals surface area contributed by atoms with Crippen LogP contribution in [0.3, 0.4) is 0 Å². The molecule has 2 aromatic rings. The maximum atomic E-state index is 13.6. The lowest BCUT2D eigenvalue weighted by Crippen LogP contribution is -2.11. The van der Waals surface area contributed by atoms with Crippen LogP contribution in [0, 0.1) is 5.82 Å². The predicted octanol–water partition coefficient (Wildman–Crippen LogP) is 4.66. The maximum absolute atomic E-state index is 13.6. The van der Waals surface area contributed by atoms with Crippen molar-refractivity contribution in [1.82, 2.24) is 5.32 Å². The summed E-state index contributed by atoms with van der Waals surface area (Å²) in [5.74, 6) is 0.452. The third-order valence-electron chi connectivity index (χ3n) is 2.93. The molecule has 4 heteroatoms. The van der Waals surface area contributed by atoms with Gasteiger partial charge in [0.1, 0.15) is 5.75 Å². The van der Waals surface area contributed by atoms with Gasteiger partial charge in [0, 0.05) is 10.5 Å². The van der Waals surface area contributed by atoms with E-state index in [1.54, 1.807) is 12.1 Å². The molecule has 0 spiro atoms. The van der Waals surface area contributed by atoms with Gasteiger partial charge in [0.05, 0.1) is 0 Å². The highest BCUT2D eigenvalue weighted by Crippen LogP contribution is 2.27. The fourth-order valence-corrected chi connectivity index (χ4v) is 2.01. The summed E-state index contributed by atoms with van der Waals surface area (Å²) in [5, 5.41) is 3.16. The van der Waals surface area contributed by atoms with Crippen molar-refractivity contribution in [2.45, 2.75) is 13.0 Å². The molecular weight excluding hydrogens is 309 g/mol. The zero-order valence-corrected chi connectivity index (χ0v) is 12.4. The largest absolute Gasteiger partial charge is 0.454 e. The van der Waals surface area contributed by atoms with Crippen molar-refractivity contribution in [3.8, 4) is 11.5 Å². The van der Waals surface area contributed by atoms with Crippen LogP contribution in [0.5, 0.6) is 11.5 Å². The average molecular weight is 324 g/mol. The first kappa shape index (κ1) is 14.0. The minimum Gasteiger partial charge on any atom is -0.454 e. The molecule has 0 saturated heterocycles. The van der Waals surface area contributed by atoms with Gasteiger partial charge >= 0.3 is 0 Å². The Bertz CT molecular complexity index is 557. The number of halogens is 2. The molecule has 0 saturated carbocycles. The van der Waals surface area contributed by atoms with E-state index in [2.05, 4.69) is 28.2 Å². The van der Waals surface area contributed by atoms with Crippen molar-refractivity contribution >= 4 is 15.9 Å². The van der Waals surface area contributed by atoms with Gasteiger partial charge in [0.2, 0.25) is 0 Å². The van der Waals surface area contributed by atoms with Crippen molar-refractivity contribution < 1.29 is 9.13 Å². The minimum absolute atomic E-state index is 0.220. The molecule has 0 fully saturated rings. The number of benzene rings is 2. The summed E-state index contributed by atoms with van der Waals surface area (Å²) >= 11 is 3.21. The quantitative estimate of drug-likeness (QED) is 0.883. The second kappa shape index (κ2) is 6.17. The molecule has 0 amide bonds.